The first-order valence-electron chi connectivity index (χ1n) is 6.92. The number of nitrogens with one attached hydrogen (secondary N) is 1. The second-order valence-electron chi connectivity index (χ2n) is 5.43. The number of halogens is 2. The van der Waals surface area contributed by atoms with Crippen LogP contribution in [-0.4, -0.2) is 33.3 Å². The van der Waals surface area contributed by atoms with Gasteiger partial charge < -0.3 is 4.90 Å². The van der Waals surface area contributed by atoms with Gasteiger partial charge in [-0.3, -0.25) is 9.52 Å². The average Bonchev–Trinajstić information content (AvgIpc) is 2.45. The van der Waals surface area contributed by atoms with Crippen LogP contribution in [0.5, 0.6) is 0 Å². The van der Waals surface area contributed by atoms with Gasteiger partial charge in [-0.25, -0.2) is 8.42 Å². The summed E-state index contributed by atoms with van der Waals surface area (Å²) in [6, 6.07) is 9.35. The molecule has 24 heavy (non-hydrogen) atoms. The van der Waals surface area contributed by atoms with Crippen LogP contribution in [0.4, 0.5) is 5.69 Å². The van der Waals surface area contributed by atoms with Crippen LogP contribution in [0.1, 0.15) is 15.9 Å². The van der Waals surface area contributed by atoms with E-state index in [-0.39, 0.29) is 22.1 Å². The second kappa shape index (κ2) is 7.13. The molecule has 0 aromatic heterocycles. The fraction of sp³-hybridized carbons (Fsp3) is 0.188. The normalized spacial score (nSPS) is 11.2. The molecule has 2 aromatic carbocycles. The summed E-state index contributed by atoms with van der Waals surface area (Å²) >= 11 is 9.22. The summed E-state index contributed by atoms with van der Waals surface area (Å²) in [6.45, 7) is 1.86. The van der Waals surface area contributed by atoms with E-state index < -0.39 is 10.0 Å². The Morgan fingerprint density at radius 2 is 1.83 bits per heavy atom. The van der Waals surface area contributed by atoms with E-state index in [0.29, 0.717) is 9.50 Å². The van der Waals surface area contributed by atoms with Crippen molar-refractivity contribution < 1.29 is 13.2 Å². The molecule has 2 rings (SSSR count). The fourth-order valence-electron chi connectivity index (χ4n) is 2.05. The van der Waals surface area contributed by atoms with Crippen molar-refractivity contribution in [1.82, 2.24) is 4.90 Å². The summed E-state index contributed by atoms with van der Waals surface area (Å²) in [6.07, 6.45) is 0. The van der Waals surface area contributed by atoms with E-state index in [4.69, 9.17) is 11.6 Å². The summed E-state index contributed by atoms with van der Waals surface area (Å²) in [7, 11) is -0.707. The molecule has 0 aliphatic heterocycles. The van der Waals surface area contributed by atoms with Crippen molar-refractivity contribution in [2.45, 2.75) is 11.8 Å². The van der Waals surface area contributed by atoms with Crippen molar-refractivity contribution in [3.63, 3.8) is 0 Å². The molecule has 8 heteroatoms. The number of sulfonamides is 1. The minimum Gasteiger partial charge on any atom is -0.345 e. The van der Waals surface area contributed by atoms with Gasteiger partial charge >= 0.3 is 0 Å². The van der Waals surface area contributed by atoms with Gasteiger partial charge in [-0.05, 0) is 58.7 Å². The molecule has 0 aliphatic rings. The Kier molecular flexibility index (Phi) is 5.57. The first-order valence-corrected chi connectivity index (χ1v) is 9.57. The van der Waals surface area contributed by atoms with Crippen LogP contribution in [0.2, 0.25) is 5.02 Å². The highest BCUT2D eigenvalue weighted by atomic mass is 79.9. The first-order chi connectivity index (χ1) is 11.1. The Bertz CT molecular complexity index is 898. The summed E-state index contributed by atoms with van der Waals surface area (Å²) in [4.78, 5) is 13.7. The smallest absolute Gasteiger partial charge is 0.263 e. The zero-order valence-corrected chi connectivity index (χ0v) is 16.5. The Morgan fingerprint density at radius 3 is 2.42 bits per heavy atom. The predicted molar refractivity (Wildman–Crippen MR) is 99.2 cm³/mol. The zero-order chi connectivity index (χ0) is 18.1. The van der Waals surface area contributed by atoms with Crippen molar-refractivity contribution in [3.05, 3.63) is 57.0 Å². The van der Waals surface area contributed by atoms with Crippen molar-refractivity contribution in [2.75, 3.05) is 18.8 Å². The number of benzene rings is 2. The molecule has 0 unspecified atom stereocenters. The predicted octanol–water partition coefficient (Wildman–Crippen LogP) is 3.91. The van der Waals surface area contributed by atoms with Gasteiger partial charge in [0.05, 0.1) is 11.3 Å². The number of rotatable bonds is 4. The van der Waals surface area contributed by atoms with Gasteiger partial charge in [-0.1, -0.05) is 17.7 Å². The van der Waals surface area contributed by atoms with E-state index in [1.807, 2.05) is 6.92 Å². The molecule has 1 amide bonds. The molecule has 0 bridgehead atoms. The summed E-state index contributed by atoms with van der Waals surface area (Å²) in [5, 5.41) is 0.325. The Morgan fingerprint density at radius 1 is 1.17 bits per heavy atom. The number of hydrogen-bond acceptors (Lipinski definition) is 3. The van der Waals surface area contributed by atoms with E-state index in [9.17, 15) is 13.2 Å². The van der Waals surface area contributed by atoms with Crippen LogP contribution in [-0.2, 0) is 10.0 Å². The van der Waals surface area contributed by atoms with E-state index in [2.05, 4.69) is 20.7 Å². The van der Waals surface area contributed by atoms with Gasteiger partial charge in [0.1, 0.15) is 4.90 Å². The molecule has 5 nitrogen and oxygen atoms in total. The molecule has 0 saturated heterocycles. The zero-order valence-electron chi connectivity index (χ0n) is 13.3. The number of aryl methyl sites for hydroxylation is 1. The molecule has 1 N–H and O–H groups in total. The van der Waals surface area contributed by atoms with Crippen LogP contribution < -0.4 is 4.72 Å². The fourth-order valence-corrected chi connectivity index (χ4v) is 4.49. The standard InChI is InChI=1S/C16H16BrClN2O3S/c1-10-4-7-15(13(17)8-10)24(22,23)19-14-9-11(18)5-6-12(14)16(21)20(2)3/h4-9,19H,1-3H3. The van der Waals surface area contributed by atoms with Gasteiger partial charge in [0, 0.05) is 23.6 Å². The van der Waals surface area contributed by atoms with Crippen molar-refractivity contribution in [1.29, 1.82) is 0 Å². The minimum absolute atomic E-state index is 0.0799. The van der Waals surface area contributed by atoms with Gasteiger partial charge in [-0.15, -0.1) is 0 Å². The number of nitrogens with zero attached hydrogens (tertiary/aromatic N) is 1. The van der Waals surface area contributed by atoms with Crippen LogP contribution in [0.15, 0.2) is 45.8 Å². The lowest BCUT2D eigenvalue weighted by atomic mass is 10.1. The molecule has 0 atom stereocenters. The molecule has 128 valence electrons. The van der Waals surface area contributed by atoms with Crippen LogP contribution in [0.25, 0.3) is 0 Å². The molecular formula is C16H16BrClN2O3S. The van der Waals surface area contributed by atoms with Gasteiger partial charge in [-0.2, -0.15) is 0 Å². The topological polar surface area (TPSA) is 66.5 Å². The highest BCUT2D eigenvalue weighted by molar-refractivity contribution is 9.10. The van der Waals surface area contributed by atoms with Gasteiger partial charge in [0.25, 0.3) is 15.9 Å². The number of carbonyl (C=O) groups is 1. The number of carbonyl (C=O) groups excluding carboxylic acids is 1. The molecule has 0 saturated carbocycles. The van der Waals surface area contributed by atoms with E-state index in [1.54, 1.807) is 26.2 Å². The van der Waals surface area contributed by atoms with E-state index in [1.165, 1.54) is 29.2 Å². The van der Waals surface area contributed by atoms with E-state index in [0.717, 1.165) is 5.56 Å². The summed E-state index contributed by atoms with van der Waals surface area (Å²) in [5.41, 5.74) is 1.27. The average molecular weight is 432 g/mol. The largest absolute Gasteiger partial charge is 0.345 e. The molecule has 0 fully saturated rings. The highest BCUT2D eigenvalue weighted by Gasteiger charge is 2.22. The van der Waals surface area contributed by atoms with Crippen LogP contribution >= 0.6 is 27.5 Å². The lowest BCUT2D eigenvalue weighted by Gasteiger charge is -2.16. The third-order valence-electron chi connectivity index (χ3n) is 3.24. The second-order valence-corrected chi connectivity index (χ2v) is 8.37. The maximum Gasteiger partial charge on any atom is 0.263 e. The van der Waals surface area contributed by atoms with Crippen molar-refractivity contribution in [2.24, 2.45) is 0 Å². The molecule has 0 heterocycles. The number of amides is 1. The van der Waals surface area contributed by atoms with Gasteiger partial charge in [0.2, 0.25) is 0 Å². The maximum atomic E-state index is 12.7. The first kappa shape index (κ1) is 18.8. The van der Waals surface area contributed by atoms with Crippen LogP contribution in [0.3, 0.4) is 0 Å². The lowest BCUT2D eigenvalue weighted by molar-refractivity contribution is 0.0828. The van der Waals surface area contributed by atoms with Crippen molar-refractivity contribution in [3.8, 4) is 0 Å². The third kappa shape index (κ3) is 4.09. The minimum atomic E-state index is -3.89. The number of hydrogen-bond donors (Lipinski definition) is 1. The molecule has 0 aliphatic carbocycles. The number of anilines is 1. The third-order valence-corrected chi connectivity index (χ3v) is 5.82. The Balaban J connectivity index is 2.50. The van der Waals surface area contributed by atoms with Crippen LogP contribution in [0, 0.1) is 6.92 Å². The summed E-state index contributed by atoms with van der Waals surface area (Å²) in [5.74, 6) is -0.327. The lowest BCUT2D eigenvalue weighted by Crippen LogP contribution is -2.24. The van der Waals surface area contributed by atoms with E-state index >= 15 is 0 Å². The Labute approximate surface area is 154 Å². The monoisotopic (exact) mass is 430 g/mol. The van der Waals surface area contributed by atoms with Crippen molar-refractivity contribution >= 4 is 49.1 Å². The molecule has 0 radical (unpaired) electrons. The Hall–Kier alpha value is -1.57. The van der Waals surface area contributed by atoms with Gasteiger partial charge in [0.15, 0.2) is 0 Å². The SMILES string of the molecule is Cc1ccc(S(=O)(=O)Nc2cc(Cl)ccc2C(=O)N(C)C)c(Br)c1. The molecular weight excluding hydrogens is 416 g/mol. The highest BCUT2D eigenvalue weighted by Crippen LogP contribution is 2.28. The molecule has 0 spiro atoms. The summed E-state index contributed by atoms with van der Waals surface area (Å²) < 4.78 is 28.3. The maximum absolute atomic E-state index is 12.7. The molecule has 2 aromatic rings. The quantitative estimate of drug-likeness (QED) is 0.798.